The van der Waals surface area contributed by atoms with Crippen molar-refractivity contribution in [1.82, 2.24) is 0 Å². The predicted octanol–water partition coefficient (Wildman–Crippen LogP) is 3.86. The van der Waals surface area contributed by atoms with Crippen LogP contribution in [-0.4, -0.2) is 14.9 Å². The van der Waals surface area contributed by atoms with Crippen LogP contribution >= 0.6 is 36.2 Å². The van der Waals surface area contributed by atoms with Crippen molar-refractivity contribution < 1.29 is 0 Å². The van der Waals surface area contributed by atoms with Gasteiger partial charge in [0.25, 0.3) is 0 Å². The molecule has 0 fully saturated rings. The number of thioether (sulfide) groups is 2. The minimum absolute atomic E-state index is 0.0744. The summed E-state index contributed by atoms with van der Waals surface area (Å²) in [6, 6.07) is 0. The summed E-state index contributed by atoms with van der Waals surface area (Å²) in [5, 5.41) is 0. The van der Waals surface area contributed by atoms with Gasteiger partial charge in [0, 0.05) is 5.75 Å². The zero-order chi connectivity index (χ0) is 9.40. The van der Waals surface area contributed by atoms with Crippen molar-refractivity contribution >= 4 is 36.2 Å². The summed E-state index contributed by atoms with van der Waals surface area (Å²) < 4.78 is 0.425. The molecule has 0 heterocycles. The van der Waals surface area contributed by atoms with Crippen molar-refractivity contribution in [3.8, 4) is 0 Å². The van der Waals surface area contributed by atoms with Crippen molar-refractivity contribution in [2.24, 2.45) is 0 Å². The highest BCUT2D eigenvalue weighted by molar-refractivity contribution is 8.21. The summed E-state index contributed by atoms with van der Waals surface area (Å²) in [7, 11) is 0. The SMILES string of the molecule is C=CCSC(C=C)SC([S])C=C. The molecule has 2 unspecified atom stereocenters. The summed E-state index contributed by atoms with van der Waals surface area (Å²) in [5.74, 6) is 0.933. The van der Waals surface area contributed by atoms with Crippen molar-refractivity contribution in [3.05, 3.63) is 38.0 Å². The number of hydrogen-bond donors (Lipinski definition) is 0. The van der Waals surface area contributed by atoms with Gasteiger partial charge in [0.2, 0.25) is 0 Å². The standard InChI is InChI=1S/C9H13S3/c1-4-7-11-9(6-3)12-8(10)5-2/h4-6,8-9H,1-3,7H2. The minimum Gasteiger partial charge on any atom is -0.139 e. The molecule has 12 heavy (non-hydrogen) atoms. The molecule has 0 saturated heterocycles. The van der Waals surface area contributed by atoms with Crippen LogP contribution in [0.15, 0.2) is 38.0 Å². The highest BCUT2D eigenvalue weighted by Crippen LogP contribution is 2.30. The van der Waals surface area contributed by atoms with E-state index in [2.05, 4.69) is 19.7 Å². The molecule has 0 nitrogen and oxygen atoms in total. The topological polar surface area (TPSA) is 0 Å². The Hall–Kier alpha value is 0.270. The molecule has 0 bridgehead atoms. The summed E-state index contributed by atoms with van der Waals surface area (Å²) >= 11 is 8.55. The summed E-state index contributed by atoms with van der Waals surface area (Å²) in [6.45, 7) is 11.0. The Morgan fingerprint density at radius 3 is 2.33 bits per heavy atom. The van der Waals surface area contributed by atoms with Gasteiger partial charge in [0.05, 0.1) is 9.16 Å². The molecule has 0 aliphatic rings. The molecule has 0 aromatic heterocycles. The van der Waals surface area contributed by atoms with Crippen LogP contribution in [0.5, 0.6) is 0 Å². The Morgan fingerprint density at radius 2 is 1.92 bits per heavy atom. The second-order valence-corrected chi connectivity index (χ2v) is 5.53. The average molecular weight is 217 g/mol. The molecular weight excluding hydrogens is 204 g/mol. The van der Waals surface area contributed by atoms with Gasteiger partial charge in [-0.05, 0) is 0 Å². The van der Waals surface area contributed by atoms with Crippen LogP contribution in [0.2, 0.25) is 0 Å². The number of hydrogen-bond acceptors (Lipinski definition) is 2. The molecule has 0 aliphatic carbocycles. The van der Waals surface area contributed by atoms with E-state index in [1.54, 1.807) is 29.6 Å². The van der Waals surface area contributed by atoms with Crippen molar-refractivity contribution in [2.75, 3.05) is 5.75 Å². The first kappa shape index (κ1) is 12.3. The average Bonchev–Trinajstić information content (AvgIpc) is 2.11. The fourth-order valence-corrected chi connectivity index (χ4v) is 2.94. The molecule has 67 valence electrons. The molecule has 0 spiro atoms. The van der Waals surface area contributed by atoms with E-state index in [1.165, 1.54) is 0 Å². The predicted molar refractivity (Wildman–Crippen MR) is 65.8 cm³/mol. The molecule has 0 N–H and O–H groups in total. The van der Waals surface area contributed by atoms with E-state index in [1.807, 2.05) is 12.2 Å². The van der Waals surface area contributed by atoms with Gasteiger partial charge in [0.15, 0.2) is 0 Å². The molecule has 2 atom stereocenters. The molecular formula is C9H13S3. The van der Waals surface area contributed by atoms with Gasteiger partial charge in [-0.15, -0.1) is 43.3 Å². The van der Waals surface area contributed by atoms with Gasteiger partial charge in [-0.25, -0.2) is 0 Å². The third kappa shape index (κ3) is 5.86. The third-order valence-electron chi connectivity index (χ3n) is 1.03. The largest absolute Gasteiger partial charge is 0.139 e. The molecule has 0 aliphatic heterocycles. The van der Waals surface area contributed by atoms with Crippen LogP contribution in [0.25, 0.3) is 0 Å². The third-order valence-corrected chi connectivity index (χ3v) is 4.17. The van der Waals surface area contributed by atoms with E-state index >= 15 is 0 Å². The van der Waals surface area contributed by atoms with Crippen LogP contribution in [0.4, 0.5) is 0 Å². The lowest BCUT2D eigenvalue weighted by atomic mass is 10.7. The Bertz CT molecular complexity index is 154. The Labute approximate surface area is 89.0 Å². The van der Waals surface area contributed by atoms with Crippen LogP contribution in [0, 0.1) is 0 Å². The normalized spacial score (nSPS) is 14.8. The molecule has 1 radical (unpaired) electrons. The smallest absolute Gasteiger partial charge is 0.0798 e. The molecule has 3 heteroatoms. The maximum absolute atomic E-state index is 5.09. The van der Waals surface area contributed by atoms with E-state index in [9.17, 15) is 0 Å². The van der Waals surface area contributed by atoms with Crippen LogP contribution in [0.1, 0.15) is 0 Å². The Kier molecular flexibility index (Phi) is 8.07. The van der Waals surface area contributed by atoms with Gasteiger partial charge in [0.1, 0.15) is 0 Å². The quantitative estimate of drug-likeness (QED) is 0.469. The monoisotopic (exact) mass is 217 g/mol. The minimum atomic E-state index is 0.0744. The van der Waals surface area contributed by atoms with Gasteiger partial charge in [-0.3, -0.25) is 0 Å². The number of rotatable bonds is 7. The van der Waals surface area contributed by atoms with E-state index in [0.717, 1.165) is 5.75 Å². The molecule has 0 aromatic rings. The fraction of sp³-hybridized carbons (Fsp3) is 0.333. The van der Waals surface area contributed by atoms with Gasteiger partial charge in [-0.2, -0.15) is 0 Å². The molecule has 0 amide bonds. The van der Waals surface area contributed by atoms with Crippen molar-refractivity contribution in [2.45, 2.75) is 9.16 Å². The first-order chi connectivity index (χ1) is 5.74. The van der Waals surface area contributed by atoms with Crippen LogP contribution in [0.3, 0.4) is 0 Å². The first-order valence-electron chi connectivity index (χ1n) is 3.53. The maximum atomic E-state index is 5.09. The van der Waals surface area contributed by atoms with Crippen molar-refractivity contribution in [1.29, 1.82) is 0 Å². The van der Waals surface area contributed by atoms with E-state index in [-0.39, 0.29) is 4.58 Å². The summed E-state index contributed by atoms with van der Waals surface area (Å²) in [5.41, 5.74) is 0. The summed E-state index contributed by atoms with van der Waals surface area (Å²) in [4.78, 5) is 0. The Morgan fingerprint density at radius 1 is 1.25 bits per heavy atom. The second-order valence-electron chi connectivity index (χ2n) is 1.97. The highest BCUT2D eigenvalue weighted by atomic mass is 32.2. The van der Waals surface area contributed by atoms with Crippen LogP contribution in [-0.2, 0) is 0 Å². The van der Waals surface area contributed by atoms with Gasteiger partial charge < -0.3 is 0 Å². The van der Waals surface area contributed by atoms with Gasteiger partial charge in [-0.1, -0.05) is 30.9 Å². The summed E-state index contributed by atoms with van der Waals surface area (Å²) in [6.07, 6.45) is 5.56. The lowest BCUT2D eigenvalue weighted by molar-refractivity contribution is 1.59. The lowest BCUT2D eigenvalue weighted by Gasteiger charge is -2.12. The van der Waals surface area contributed by atoms with Crippen LogP contribution < -0.4 is 0 Å². The highest BCUT2D eigenvalue weighted by Gasteiger charge is 2.08. The zero-order valence-corrected chi connectivity index (χ0v) is 9.39. The fourth-order valence-electron chi connectivity index (χ4n) is 0.514. The molecule has 0 rings (SSSR count). The molecule has 0 saturated carbocycles. The Balaban J connectivity index is 3.73. The first-order valence-corrected chi connectivity index (χ1v) is 5.99. The van der Waals surface area contributed by atoms with E-state index < -0.39 is 0 Å². The second kappa shape index (κ2) is 7.90. The van der Waals surface area contributed by atoms with E-state index in [0.29, 0.717) is 4.58 Å². The maximum Gasteiger partial charge on any atom is 0.0798 e. The van der Waals surface area contributed by atoms with Gasteiger partial charge >= 0.3 is 0 Å². The zero-order valence-electron chi connectivity index (χ0n) is 6.94. The molecule has 0 aromatic carbocycles. The van der Waals surface area contributed by atoms with Crippen molar-refractivity contribution in [3.63, 3.8) is 0 Å². The lowest BCUT2D eigenvalue weighted by Crippen LogP contribution is -1.97. The van der Waals surface area contributed by atoms with E-state index in [4.69, 9.17) is 12.6 Å².